The fourth-order valence-corrected chi connectivity index (χ4v) is 3.54. The fraction of sp³-hybridized carbons (Fsp3) is 0.300. The monoisotopic (exact) mass is 362 g/mol. The smallest absolute Gasteiger partial charge is 0.281 e. The van der Waals surface area contributed by atoms with Crippen molar-refractivity contribution < 1.29 is 4.79 Å². The largest absolute Gasteiger partial charge is 0.292 e. The molecule has 3 aromatic rings. The van der Waals surface area contributed by atoms with Crippen LogP contribution in [0.2, 0.25) is 0 Å². The maximum Gasteiger partial charge on any atom is 0.292 e. The van der Waals surface area contributed by atoms with E-state index in [0.29, 0.717) is 5.69 Å². The lowest BCUT2D eigenvalue weighted by Crippen LogP contribution is -2.20. The molecule has 0 radical (unpaired) electrons. The van der Waals surface area contributed by atoms with Gasteiger partial charge in [-0.05, 0) is 51.7 Å². The minimum atomic E-state index is -0.281. The second-order valence-corrected chi connectivity index (χ2v) is 6.77. The molecule has 0 saturated carbocycles. The van der Waals surface area contributed by atoms with Crippen LogP contribution in [-0.2, 0) is 12.8 Å². The SMILES string of the molecule is Cc1nn(-c2ccccc2)c(C)c1/C=N\NC(=O)c1n[nH]c2c1CCCC2. The van der Waals surface area contributed by atoms with E-state index in [1.807, 2.05) is 48.9 Å². The van der Waals surface area contributed by atoms with Crippen molar-refractivity contribution in [1.82, 2.24) is 25.4 Å². The average Bonchev–Trinajstić information content (AvgIpc) is 3.24. The summed E-state index contributed by atoms with van der Waals surface area (Å²) in [4.78, 5) is 12.4. The topological polar surface area (TPSA) is 88.0 Å². The number of hydrogen-bond acceptors (Lipinski definition) is 4. The number of aromatic amines is 1. The van der Waals surface area contributed by atoms with Crippen molar-refractivity contribution in [1.29, 1.82) is 0 Å². The van der Waals surface area contributed by atoms with Gasteiger partial charge in [0.05, 0.1) is 23.3 Å². The van der Waals surface area contributed by atoms with Crippen LogP contribution in [-0.4, -0.2) is 32.1 Å². The zero-order chi connectivity index (χ0) is 18.8. The van der Waals surface area contributed by atoms with E-state index in [9.17, 15) is 4.79 Å². The number of aromatic nitrogens is 4. The Morgan fingerprint density at radius 2 is 2.00 bits per heavy atom. The van der Waals surface area contributed by atoms with Crippen molar-refractivity contribution in [3.8, 4) is 5.69 Å². The zero-order valence-electron chi connectivity index (χ0n) is 15.5. The number of hydrazone groups is 1. The Kier molecular flexibility index (Phi) is 4.58. The summed E-state index contributed by atoms with van der Waals surface area (Å²) in [7, 11) is 0. The predicted molar refractivity (Wildman–Crippen MR) is 103 cm³/mol. The normalized spacial score (nSPS) is 13.7. The summed E-state index contributed by atoms with van der Waals surface area (Å²) in [5, 5.41) is 15.9. The highest BCUT2D eigenvalue weighted by molar-refractivity contribution is 5.95. The highest BCUT2D eigenvalue weighted by Gasteiger charge is 2.21. The van der Waals surface area contributed by atoms with Crippen molar-refractivity contribution in [2.45, 2.75) is 39.5 Å². The van der Waals surface area contributed by atoms with E-state index in [4.69, 9.17) is 0 Å². The Morgan fingerprint density at radius 3 is 2.81 bits per heavy atom. The third-order valence-corrected chi connectivity index (χ3v) is 4.98. The second kappa shape index (κ2) is 7.19. The van der Waals surface area contributed by atoms with E-state index in [1.165, 1.54) is 0 Å². The Morgan fingerprint density at radius 1 is 1.22 bits per heavy atom. The number of carbonyl (C=O) groups excluding carboxylic acids is 1. The molecular weight excluding hydrogens is 340 g/mol. The van der Waals surface area contributed by atoms with E-state index >= 15 is 0 Å². The second-order valence-electron chi connectivity index (χ2n) is 6.77. The molecule has 1 amide bonds. The minimum absolute atomic E-state index is 0.281. The van der Waals surface area contributed by atoms with Gasteiger partial charge in [0.1, 0.15) is 0 Å². The molecule has 0 saturated heterocycles. The standard InChI is InChI=1S/C20H22N6O/c1-13-17(14(2)26(25-13)15-8-4-3-5-9-15)12-21-24-20(27)19-16-10-6-7-11-18(16)22-23-19/h3-5,8-9,12H,6-7,10-11H2,1-2H3,(H,22,23)(H,24,27)/b21-12-. The van der Waals surface area contributed by atoms with Crippen molar-refractivity contribution >= 4 is 12.1 Å². The van der Waals surface area contributed by atoms with Gasteiger partial charge in [-0.15, -0.1) is 0 Å². The van der Waals surface area contributed by atoms with Crippen molar-refractivity contribution in [2.75, 3.05) is 0 Å². The van der Waals surface area contributed by atoms with Crippen LogP contribution in [0.1, 0.15) is 51.5 Å². The number of hydrogen-bond donors (Lipinski definition) is 2. The van der Waals surface area contributed by atoms with Crippen molar-refractivity contribution in [3.05, 3.63) is 64.2 Å². The van der Waals surface area contributed by atoms with Crippen LogP contribution in [0, 0.1) is 13.8 Å². The highest BCUT2D eigenvalue weighted by atomic mass is 16.2. The molecule has 1 aliphatic carbocycles. The molecule has 0 bridgehead atoms. The molecule has 138 valence electrons. The average molecular weight is 362 g/mol. The first-order valence-electron chi connectivity index (χ1n) is 9.16. The summed E-state index contributed by atoms with van der Waals surface area (Å²) in [5.41, 5.74) is 8.86. The maximum absolute atomic E-state index is 12.4. The molecule has 7 heteroatoms. The van der Waals surface area contributed by atoms with Crippen LogP contribution in [0.15, 0.2) is 35.4 Å². The summed E-state index contributed by atoms with van der Waals surface area (Å²) in [5.74, 6) is -0.281. The van der Waals surface area contributed by atoms with Gasteiger partial charge in [-0.1, -0.05) is 18.2 Å². The van der Waals surface area contributed by atoms with Gasteiger partial charge in [0.2, 0.25) is 0 Å². The summed E-state index contributed by atoms with van der Waals surface area (Å²) < 4.78 is 1.88. The molecule has 2 aromatic heterocycles. The Hall–Kier alpha value is -3.22. The number of rotatable bonds is 4. The van der Waals surface area contributed by atoms with Crippen molar-refractivity contribution in [3.63, 3.8) is 0 Å². The van der Waals surface area contributed by atoms with Crippen LogP contribution in [0.4, 0.5) is 0 Å². The van der Waals surface area contributed by atoms with Gasteiger partial charge < -0.3 is 0 Å². The number of H-pyrrole nitrogens is 1. The number of para-hydroxylation sites is 1. The van der Waals surface area contributed by atoms with Gasteiger partial charge in [0.15, 0.2) is 5.69 Å². The molecule has 2 N–H and O–H groups in total. The van der Waals surface area contributed by atoms with E-state index in [0.717, 1.165) is 59.6 Å². The number of fused-ring (bicyclic) bond motifs is 1. The Bertz CT molecular complexity index is 999. The van der Waals surface area contributed by atoms with Gasteiger partial charge in [0.25, 0.3) is 5.91 Å². The van der Waals surface area contributed by atoms with Crippen LogP contribution < -0.4 is 5.43 Å². The predicted octanol–water partition coefficient (Wildman–Crippen LogP) is 2.85. The lowest BCUT2D eigenvalue weighted by Gasteiger charge is -2.10. The summed E-state index contributed by atoms with van der Waals surface area (Å²) in [6, 6.07) is 9.93. The summed E-state index contributed by atoms with van der Waals surface area (Å²) >= 11 is 0. The lowest BCUT2D eigenvalue weighted by atomic mass is 9.96. The molecule has 0 atom stereocenters. The van der Waals surface area contributed by atoms with E-state index < -0.39 is 0 Å². The van der Waals surface area contributed by atoms with Crippen LogP contribution in [0.25, 0.3) is 5.69 Å². The fourth-order valence-electron chi connectivity index (χ4n) is 3.54. The first kappa shape index (κ1) is 17.2. The third kappa shape index (κ3) is 3.28. The molecule has 1 aromatic carbocycles. The van der Waals surface area contributed by atoms with E-state index in [1.54, 1.807) is 6.21 Å². The quantitative estimate of drug-likeness (QED) is 0.552. The molecule has 0 aliphatic heterocycles. The Balaban J connectivity index is 1.51. The molecule has 0 unspecified atom stereocenters. The molecular formula is C20H22N6O. The molecule has 2 heterocycles. The highest BCUT2D eigenvalue weighted by Crippen LogP contribution is 2.22. The molecule has 0 spiro atoms. The van der Waals surface area contributed by atoms with Gasteiger partial charge in [-0.3, -0.25) is 9.89 Å². The van der Waals surface area contributed by atoms with Gasteiger partial charge >= 0.3 is 0 Å². The van der Waals surface area contributed by atoms with Crippen molar-refractivity contribution in [2.24, 2.45) is 5.10 Å². The van der Waals surface area contributed by atoms with Crippen LogP contribution >= 0.6 is 0 Å². The van der Waals surface area contributed by atoms with Crippen LogP contribution in [0.3, 0.4) is 0 Å². The number of carbonyl (C=O) groups is 1. The van der Waals surface area contributed by atoms with Gasteiger partial charge in [-0.2, -0.15) is 15.3 Å². The minimum Gasteiger partial charge on any atom is -0.281 e. The summed E-state index contributed by atoms with van der Waals surface area (Å²) in [6.45, 7) is 3.92. The lowest BCUT2D eigenvalue weighted by molar-refractivity contribution is 0.0949. The maximum atomic E-state index is 12.4. The number of benzene rings is 1. The summed E-state index contributed by atoms with van der Waals surface area (Å²) in [6.07, 6.45) is 5.72. The first-order valence-corrected chi connectivity index (χ1v) is 9.16. The van der Waals surface area contributed by atoms with E-state index in [2.05, 4.69) is 25.8 Å². The van der Waals surface area contributed by atoms with Gasteiger partial charge in [-0.25, -0.2) is 10.1 Å². The van der Waals surface area contributed by atoms with E-state index in [-0.39, 0.29) is 5.91 Å². The molecule has 1 aliphatic rings. The van der Waals surface area contributed by atoms with Gasteiger partial charge in [0, 0.05) is 16.8 Å². The Labute approximate surface area is 157 Å². The molecule has 7 nitrogen and oxygen atoms in total. The number of nitrogens with zero attached hydrogens (tertiary/aromatic N) is 4. The number of nitrogens with one attached hydrogen (secondary N) is 2. The first-order chi connectivity index (χ1) is 13.1. The molecule has 27 heavy (non-hydrogen) atoms. The molecule has 4 rings (SSSR count). The number of amides is 1. The molecule has 0 fully saturated rings. The third-order valence-electron chi connectivity index (χ3n) is 4.98. The number of aryl methyl sites for hydroxylation is 2. The zero-order valence-corrected chi connectivity index (χ0v) is 15.5. The van der Waals surface area contributed by atoms with Crippen LogP contribution in [0.5, 0.6) is 0 Å².